The Morgan fingerprint density at radius 1 is 1.25 bits per heavy atom. The van der Waals surface area contributed by atoms with Crippen molar-refractivity contribution in [2.45, 2.75) is 57.3 Å². The summed E-state index contributed by atoms with van der Waals surface area (Å²) in [7, 11) is 1.36. The van der Waals surface area contributed by atoms with Crippen molar-refractivity contribution >= 4 is 51.6 Å². The van der Waals surface area contributed by atoms with E-state index in [1.165, 1.54) is 48.4 Å². The van der Waals surface area contributed by atoms with Crippen LogP contribution in [0.15, 0.2) is 23.4 Å². The number of methoxy groups -OCH3 is 1. The first-order chi connectivity index (χ1) is 17.4. The van der Waals surface area contributed by atoms with Crippen molar-refractivity contribution in [2.75, 3.05) is 18.2 Å². The van der Waals surface area contributed by atoms with E-state index in [9.17, 15) is 14.0 Å². The van der Waals surface area contributed by atoms with Crippen LogP contribution >= 0.6 is 34.7 Å². The molecule has 36 heavy (non-hydrogen) atoms. The smallest absolute Gasteiger partial charge is 0.341 e. The van der Waals surface area contributed by atoms with E-state index in [-0.39, 0.29) is 23.3 Å². The largest absolute Gasteiger partial charge is 0.486 e. The minimum absolute atomic E-state index is 0.0239. The van der Waals surface area contributed by atoms with Gasteiger partial charge in [0.25, 0.3) is 0 Å². The SMILES string of the molecule is CCn1c(COc2ccc(F)c(Cl)c2)nnc1SCC(=O)Nc1sc2c(c1C(=O)OC)CCCCC2. The number of halogens is 2. The summed E-state index contributed by atoms with van der Waals surface area (Å²) in [5.74, 6) is -0.113. The number of fused-ring (bicyclic) bond motifs is 1. The molecule has 12 heteroatoms. The molecule has 4 rings (SSSR count). The second-order valence-corrected chi connectivity index (χ2v) is 10.6. The first-order valence-corrected chi connectivity index (χ1v) is 13.7. The highest BCUT2D eigenvalue weighted by molar-refractivity contribution is 7.99. The van der Waals surface area contributed by atoms with Gasteiger partial charge in [0, 0.05) is 17.5 Å². The molecule has 192 valence electrons. The third kappa shape index (κ3) is 6.01. The number of hydrogen-bond acceptors (Lipinski definition) is 8. The normalized spacial score (nSPS) is 13.1. The van der Waals surface area contributed by atoms with E-state index >= 15 is 0 Å². The Labute approximate surface area is 221 Å². The molecule has 0 radical (unpaired) electrons. The van der Waals surface area contributed by atoms with Gasteiger partial charge in [0.05, 0.1) is 23.4 Å². The molecular formula is C24H26ClFN4O4S2. The number of rotatable bonds is 9. The van der Waals surface area contributed by atoms with E-state index in [1.54, 1.807) is 0 Å². The molecule has 1 amide bonds. The molecule has 0 unspecified atom stereocenters. The lowest BCUT2D eigenvalue weighted by molar-refractivity contribution is -0.113. The number of benzene rings is 1. The lowest BCUT2D eigenvalue weighted by Gasteiger charge is -2.10. The van der Waals surface area contributed by atoms with E-state index in [1.807, 2.05) is 11.5 Å². The molecule has 2 aromatic heterocycles. The predicted octanol–water partition coefficient (Wildman–Crippen LogP) is 5.52. The molecule has 0 bridgehead atoms. The third-order valence-electron chi connectivity index (χ3n) is 5.76. The van der Waals surface area contributed by atoms with Crippen molar-refractivity contribution in [1.29, 1.82) is 0 Å². The number of amides is 1. The number of nitrogens with zero attached hydrogens (tertiary/aromatic N) is 3. The van der Waals surface area contributed by atoms with Crippen molar-refractivity contribution in [3.8, 4) is 5.75 Å². The zero-order chi connectivity index (χ0) is 25.7. The standard InChI is InChI=1S/C24H26ClFN4O4S2/c1-3-30-19(12-34-14-9-10-17(26)16(25)11-14)28-29-24(30)35-13-20(31)27-22-21(23(32)33-2)15-7-5-4-6-8-18(15)36-22/h9-11H,3-8,12-13H2,1-2H3,(H,27,31). The monoisotopic (exact) mass is 552 g/mol. The molecule has 1 N–H and O–H groups in total. The number of thioether (sulfide) groups is 1. The molecule has 1 aliphatic rings. The number of hydrogen-bond donors (Lipinski definition) is 1. The molecular weight excluding hydrogens is 527 g/mol. The van der Waals surface area contributed by atoms with Gasteiger partial charge in [0.1, 0.15) is 23.2 Å². The second-order valence-electron chi connectivity index (χ2n) is 8.10. The third-order valence-corrected chi connectivity index (χ3v) is 8.23. The van der Waals surface area contributed by atoms with Crippen LogP contribution in [0.5, 0.6) is 5.75 Å². The Bertz CT molecular complexity index is 1260. The van der Waals surface area contributed by atoms with Gasteiger partial charge in [-0.3, -0.25) is 4.79 Å². The lowest BCUT2D eigenvalue weighted by atomic mass is 10.1. The molecule has 0 saturated heterocycles. The van der Waals surface area contributed by atoms with Gasteiger partial charge in [0.2, 0.25) is 5.91 Å². The molecule has 0 aliphatic heterocycles. The number of thiophene rings is 1. The van der Waals surface area contributed by atoms with Crippen LogP contribution in [0, 0.1) is 5.82 Å². The van der Waals surface area contributed by atoms with Crippen LogP contribution in [-0.4, -0.2) is 39.5 Å². The highest BCUT2D eigenvalue weighted by Gasteiger charge is 2.26. The second kappa shape index (κ2) is 12.1. The summed E-state index contributed by atoms with van der Waals surface area (Å²) in [5.41, 5.74) is 1.49. The van der Waals surface area contributed by atoms with E-state index in [0.717, 1.165) is 42.5 Å². The van der Waals surface area contributed by atoms with Gasteiger partial charge in [0.15, 0.2) is 11.0 Å². The van der Waals surface area contributed by atoms with Crippen LogP contribution in [-0.2, 0) is 35.5 Å². The molecule has 1 aromatic carbocycles. The summed E-state index contributed by atoms with van der Waals surface area (Å²) in [6.07, 6.45) is 4.94. The molecule has 1 aliphatic carbocycles. The van der Waals surface area contributed by atoms with Gasteiger partial charge in [-0.1, -0.05) is 29.8 Å². The Morgan fingerprint density at radius 2 is 2.06 bits per heavy atom. The maximum atomic E-state index is 13.4. The van der Waals surface area contributed by atoms with Crippen molar-refractivity contribution in [3.63, 3.8) is 0 Å². The zero-order valence-corrected chi connectivity index (χ0v) is 22.3. The number of ether oxygens (including phenoxy) is 2. The van der Waals surface area contributed by atoms with E-state index in [2.05, 4.69) is 15.5 Å². The molecule has 0 saturated carbocycles. The predicted molar refractivity (Wildman–Crippen MR) is 138 cm³/mol. The van der Waals surface area contributed by atoms with E-state index in [0.29, 0.717) is 33.8 Å². The number of carbonyl (C=O) groups excluding carboxylic acids is 2. The molecule has 0 atom stereocenters. The Kier molecular flexibility index (Phi) is 8.86. The first-order valence-electron chi connectivity index (χ1n) is 11.6. The summed E-state index contributed by atoms with van der Waals surface area (Å²) in [4.78, 5) is 26.4. The van der Waals surface area contributed by atoms with Gasteiger partial charge in [-0.25, -0.2) is 9.18 Å². The average molecular weight is 553 g/mol. The molecule has 8 nitrogen and oxygen atoms in total. The van der Waals surface area contributed by atoms with Crippen LogP contribution in [0.2, 0.25) is 5.02 Å². The number of esters is 1. The molecule has 2 heterocycles. The summed E-state index contributed by atoms with van der Waals surface area (Å²) < 4.78 is 25.9. The Hall–Kier alpha value is -2.63. The van der Waals surface area contributed by atoms with Gasteiger partial charge in [-0.05, 0) is 50.3 Å². The van der Waals surface area contributed by atoms with Crippen LogP contribution in [0.3, 0.4) is 0 Å². The number of aryl methyl sites for hydroxylation is 1. The maximum Gasteiger partial charge on any atom is 0.341 e. The summed E-state index contributed by atoms with van der Waals surface area (Å²) in [5, 5.41) is 12.4. The van der Waals surface area contributed by atoms with Gasteiger partial charge >= 0.3 is 5.97 Å². The van der Waals surface area contributed by atoms with Crippen molar-refractivity contribution in [3.05, 3.63) is 50.9 Å². The number of anilines is 1. The maximum absolute atomic E-state index is 13.4. The summed E-state index contributed by atoms with van der Waals surface area (Å²) >= 11 is 8.51. The fourth-order valence-corrected chi connectivity index (χ4v) is 6.29. The van der Waals surface area contributed by atoms with E-state index < -0.39 is 11.8 Å². The van der Waals surface area contributed by atoms with Gasteiger partial charge < -0.3 is 19.4 Å². The topological polar surface area (TPSA) is 95.3 Å². The fraction of sp³-hybridized carbons (Fsp3) is 0.417. The highest BCUT2D eigenvalue weighted by atomic mass is 35.5. The quantitative estimate of drug-likeness (QED) is 0.212. The lowest BCUT2D eigenvalue weighted by Crippen LogP contribution is -2.17. The molecule has 3 aromatic rings. The zero-order valence-electron chi connectivity index (χ0n) is 19.9. The fourth-order valence-electron chi connectivity index (χ4n) is 4.01. The Morgan fingerprint density at radius 3 is 2.81 bits per heavy atom. The summed E-state index contributed by atoms with van der Waals surface area (Å²) in [6, 6.07) is 4.12. The minimum Gasteiger partial charge on any atom is -0.486 e. The van der Waals surface area contributed by atoms with Gasteiger partial charge in [-0.15, -0.1) is 21.5 Å². The molecule has 0 fully saturated rings. The number of nitrogens with one attached hydrogen (secondary N) is 1. The van der Waals surface area contributed by atoms with Crippen molar-refractivity contribution < 1.29 is 23.5 Å². The summed E-state index contributed by atoms with van der Waals surface area (Å²) in [6.45, 7) is 2.62. The highest BCUT2D eigenvalue weighted by Crippen LogP contribution is 2.38. The van der Waals surface area contributed by atoms with Crippen molar-refractivity contribution in [2.24, 2.45) is 0 Å². The van der Waals surface area contributed by atoms with Gasteiger partial charge in [-0.2, -0.15) is 0 Å². The minimum atomic E-state index is -0.519. The average Bonchev–Trinajstić information content (AvgIpc) is 3.34. The van der Waals surface area contributed by atoms with Crippen LogP contribution in [0.4, 0.5) is 9.39 Å². The Balaban J connectivity index is 1.40. The van der Waals surface area contributed by atoms with Crippen LogP contribution in [0.1, 0.15) is 52.8 Å². The first kappa shape index (κ1) is 26.4. The van der Waals surface area contributed by atoms with Crippen molar-refractivity contribution in [1.82, 2.24) is 14.8 Å². The molecule has 0 spiro atoms. The van der Waals surface area contributed by atoms with E-state index in [4.69, 9.17) is 21.1 Å². The van der Waals surface area contributed by atoms with Crippen LogP contribution < -0.4 is 10.1 Å². The number of carbonyl (C=O) groups is 2. The number of aromatic nitrogens is 3. The van der Waals surface area contributed by atoms with Crippen LogP contribution in [0.25, 0.3) is 0 Å².